The molecule has 19 heavy (non-hydrogen) atoms. The number of aromatic nitrogens is 1. The molecule has 2 aromatic rings. The topological polar surface area (TPSA) is 77.2 Å². The standard InChI is InChI=1S/C14H15N3O2/c1-9-13(4-3-7-16-9)17-14(18)11-8-10(19-2)5-6-12(11)15/h3-8H,15H2,1-2H3,(H,17,18). The van der Waals surface area contributed by atoms with Crippen molar-refractivity contribution in [1.82, 2.24) is 4.98 Å². The molecule has 3 N–H and O–H groups in total. The lowest BCUT2D eigenvalue weighted by molar-refractivity contribution is 0.102. The van der Waals surface area contributed by atoms with Crippen LogP contribution in [0.4, 0.5) is 11.4 Å². The molecule has 0 aliphatic carbocycles. The zero-order chi connectivity index (χ0) is 13.8. The first kappa shape index (κ1) is 12.9. The number of nitrogens with two attached hydrogens (primary N) is 1. The highest BCUT2D eigenvalue weighted by molar-refractivity contribution is 6.08. The summed E-state index contributed by atoms with van der Waals surface area (Å²) in [6, 6.07) is 8.51. The SMILES string of the molecule is COc1ccc(N)c(C(=O)Nc2cccnc2C)c1. The number of rotatable bonds is 3. The molecule has 0 saturated carbocycles. The molecule has 1 aromatic heterocycles. The number of aryl methyl sites for hydroxylation is 1. The van der Waals surface area contributed by atoms with E-state index in [1.54, 1.807) is 43.6 Å². The van der Waals surface area contributed by atoms with Crippen molar-refractivity contribution >= 4 is 17.3 Å². The van der Waals surface area contributed by atoms with Crippen molar-refractivity contribution in [1.29, 1.82) is 0 Å². The van der Waals surface area contributed by atoms with E-state index in [1.165, 1.54) is 0 Å². The largest absolute Gasteiger partial charge is 0.497 e. The fourth-order valence-electron chi connectivity index (χ4n) is 1.67. The lowest BCUT2D eigenvalue weighted by atomic mass is 10.1. The van der Waals surface area contributed by atoms with E-state index in [2.05, 4.69) is 10.3 Å². The van der Waals surface area contributed by atoms with Crippen LogP contribution < -0.4 is 15.8 Å². The van der Waals surface area contributed by atoms with Gasteiger partial charge in [-0.05, 0) is 37.3 Å². The molecule has 0 bridgehead atoms. The van der Waals surface area contributed by atoms with Gasteiger partial charge >= 0.3 is 0 Å². The molecular formula is C14H15N3O2. The van der Waals surface area contributed by atoms with Crippen molar-refractivity contribution in [3.05, 3.63) is 47.8 Å². The van der Waals surface area contributed by atoms with Crippen LogP contribution in [0.15, 0.2) is 36.5 Å². The van der Waals surface area contributed by atoms with E-state index in [-0.39, 0.29) is 5.91 Å². The number of carbonyl (C=O) groups excluding carboxylic acids is 1. The van der Waals surface area contributed by atoms with Crippen molar-refractivity contribution in [2.24, 2.45) is 0 Å². The second-order valence-electron chi connectivity index (χ2n) is 4.04. The molecule has 2 rings (SSSR count). The summed E-state index contributed by atoms with van der Waals surface area (Å²) >= 11 is 0. The molecule has 1 heterocycles. The predicted octanol–water partition coefficient (Wildman–Crippen LogP) is 2.23. The zero-order valence-electron chi connectivity index (χ0n) is 10.8. The molecule has 0 radical (unpaired) electrons. The summed E-state index contributed by atoms with van der Waals surface area (Å²) in [5, 5.41) is 2.78. The molecule has 0 fully saturated rings. The maximum atomic E-state index is 12.2. The molecule has 5 heteroatoms. The van der Waals surface area contributed by atoms with Crippen molar-refractivity contribution in [3.63, 3.8) is 0 Å². The van der Waals surface area contributed by atoms with Gasteiger partial charge in [-0.3, -0.25) is 9.78 Å². The number of hydrogen-bond donors (Lipinski definition) is 2. The molecule has 0 aliphatic rings. The number of amides is 1. The summed E-state index contributed by atoms with van der Waals surface area (Å²) in [6.45, 7) is 1.82. The summed E-state index contributed by atoms with van der Waals surface area (Å²) in [7, 11) is 1.54. The van der Waals surface area contributed by atoms with Gasteiger partial charge in [-0.1, -0.05) is 0 Å². The quantitative estimate of drug-likeness (QED) is 0.827. The number of ether oxygens (including phenoxy) is 1. The number of nitrogens with one attached hydrogen (secondary N) is 1. The Bertz CT molecular complexity index is 611. The number of nitrogen functional groups attached to an aromatic ring is 1. The van der Waals surface area contributed by atoms with Gasteiger partial charge in [0.1, 0.15) is 5.75 Å². The Hall–Kier alpha value is -2.56. The van der Waals surface area contributed by atoms with E-state index in [4.69, 9.17) is 10.5 Å². The first-order chi connectivity index (χ1) is 9.11. The molecule has 0 atom stereocenters. The van der Waals surface area contributed by atoms with Crippen molar-refractivity contribution in [2.45, 2.75) is 6.92 Å². The summed E-state index contributed by atoms with van der Waals surface area (Å²) < 4.78 is 5.09. The van der Waals surface area contributed by atoms with E-state index in [9.17, 15) is 4.79 Å². The van der Waals surface area contributed by atoms with E-state index in [0.29, 0.717) is 22.7 Å². The van der Waals surface area contributed by atoms with Gasteiger partial charge in [0.05, 0.1) is 24.1 Å². The van der Waals surface area contributed by atoms with Crippen LogP contribution in [0.3, 0.4) is 0 Å². The fraction of sp³-hybridized carbons (Fsp3) is 0.143. The summed E-state index contributed by atoms with van der Waals surface area (Å²) in [5.74, 6) is 0.301. The Morgan fingerprint density at radius 3 is 2.84 bits per heavy atom. The monoisotopic (exact) mass is 257 g/mol. The average Bonchev–Trinajstić information content (AvgIpc) is 2.42. The Morgan fingerprint density at radius 1 is 1.37 bits per heavy atom. The minimum absolute atomic E-state index is 0.285. The van der Waals surface area contributed by atoms with E-state index < -0.39 is 0 Å². The number of anilines is 2. The van der Waals surface area contributed by atoms with E-state index in [1.807, 2.05) is 6.92 Å². The van der Waals surface area contributed by atoms with Gasteiger partial charge in [-0.25, -0.2) is 0 Å². The number of carbonyl (C=O) groups is 1. The molecule has 98 valence electrons. The molecule has 5 nitrogen and oxygen atoms in total. The van der Waals surface area contributed by atoms with Gasteiger partial charge < -0.3 is 15.8 Å². The third kappa shape index (κ3) is 2.82. The van der Waals surface area contributed by atoms with Gasteiger partial charge in [0.2, 0.25) is 0 Å². The van der Waals surface area contributed by atoms with Crippen LogP contribution in [0.2, 0.25) is 0 Å². The number of nitrogens with zero attached hydrogens (tertiary/aromatic N) is 1. The third-order valence-electron chi connectivity index (χ3n) is 2.76. The first-order valence-corrected chi connectivity index (χ1v) is 5.78. The summed E-state index contributed by atoms with van der Waals surface area (Å²) in [5.41, 5.74) is 7.99. The number of pyridine rings is 1. The zero-order valence-corrected chi connectivity index (χ0v) is 10.8. The summed E-state index contributed by atoms with van der Waals surface area (Å²) in [4.78, 5) is 16.3. The maximum Gasteiger partial charge on any atom is 0.257 e. The van der Waals surface area contributed by atoms with Crippen molar-refractivity contribution < 1.29 is 9.53 Å². The normalized spacial score (nSPS) is 10.0. The van der Waals surface area contributed by atoms with Crippen LogP contribution in [0.5, 0.6) is 5.75 Å². The highest BCUT2D eigenvalue weighted by Crippen LogP contribution is 2.21. The predicted molar refractivity (Wildman–Crippen MR) is 74.3 cm³/mol. The van der Waals surface area contributed by atoms with Crippen LogP contribution in [0.25, 0.3) is 0 Å². The number of hydrogen-bond acceptors (Lipinski definition) is 4. The van der Waals surface area contributed by atoms with Gasteiger partial charge in [0, 0.05) is 11.9 Å². The van der Waals surface area contributed by atoms with Crippen LogP contribution in [-0.2, 0) is 0 Å². The smallest absolute Gasteiger partial charge is 0.257 e. The summed E-state index contributed by atoms with van der Waals surface area (Å²) in [6.07, 6.45) is 1.67. The average molecular weight is 257 g/mol. The lowest BCUT2D eigenvalue weighted by Gasteiger charge is -2.10. The molecular weight excluding hydrogens is 242 g/mol. The van der Waals surface area contributed by atoms with Crippen LogP contribution in [0.1, 0.15) is 16.1 Å². The Labute approximate surface area is 111 Å². The molecule has 0 saturated heterocycles. The molecule has 1 amide bonds. The molecule has 0 unspecified atom stereocenters. The maximum absolute atomic E-state index is 12.2. The van der Waals surface area contributed by atoms with Crippen LogP contribution in [0, 0.1) is 6.92 Å². The number of methoxy groups -OCH3 is 1. The van der Waals surface area contributed by atoms with Crippen LogP contribution >= 0.6 is 0 Å². The highest BCUT2D eigenvalue weighted by atomic mass is 16.5. The molecule has 0 aliphatic heterocycles. The van der Waals surface area contributed by atoms with Gasteiger partial charge in [0.15, 0.2) is 0 Å². The van der Waals surface area contributed by atoms with Crippen LogP contribution in [-0.4, -0.2) is 18.0 Å². The minimum atomic E-state index is -0.285. The van der Waals surface area contributed by atoms with Crippen molar-refractivity contribution in [3.8, 4) is 5.75 Å². The van der Waals surface area contributed by atoms with E-state index >= 15 is 0 Å². The molecule has 1 aromatic carbocycles. The minimum Gasteiger partial charge on any atom is -0.497 e. The Balaban J connectivity index is 2.28. The lowest BCUT2D eigenvalue weighted by Crippen LogP contribution is -2.15. The van der Waals surface area contributed by atoms with E-state index in [0.717, 1.165) is 5.69 Å². The fourth-order valence-corrected chi connectivity index (χ4v) is 1.67. The van der Waals surface area contributed by atoms with Gasteiger partial charge in [0.25, 0.3) is 5.91 Å². The number of benzene rings is 1. The second-order valence-corrected chi connectivity index (χ2v) is 4.04. The van der Waals surface area contributed by atoms with Gasteiger partial charge in [-0.2, -0.15) is 0 Å². The second kappa shape index (κ2) is 5.39. The third-order valence-corrected chi connectivity index (χ3v) is 2.76. The highest BCUT2D eigenvalue weighted by Gasteiger charge is 2.12. The first-order valence-electron chi connectivity index (χ1n) is 5.78. The van der Waals surface area contributed by atoms with Crippen molar-refractivity contribution in [2.75, 3.05) is 18.2 Å². The Morgan fingerprint density at radius 2 is 2.16 bits per heavy atom. The Kier molecular flexibility index (Phi) is 3.66. The molecule has 0 spiro atoms. The van der Waals surface area contributed by atoms with Gasteiger partial charge in [-0.15, -0.1) is 0 Å².